The Kier molecular flexibility index (Phi) is 11.1. The zero-order chi connectivity index (χ0) is 28.6. The number of hydrogen-bond acceptors (Lipinski definition) is 6. The van der Waals surface area contributed by atoms with E-state index < -0.39 is 24.3 Å². The number of aryl methyl sites for hydroxylation is 1. The van der Waals surface area contributed by atoms with Gasteiger partial charge in [-0.3, -0.25) is 14.8 Å². The highest BCUT2D eigenvalue weighted by Crippen LogP contribution is 2.40. The smallest absolute Gasteiger partial charge is 0.475 e. The van der Waals surface area contributed by atoms with Crippen molar-refractivity contribution in [3.8, 4) is 0 Å². The summed E-state index contributed by atoms with van der Waals surface area (Å²) in [5.41, 5.74) is 1.72. The van der Waals surface area contributed by atoms with Crippen molar-refractivity contribution < 1.29 is 46.1 Å². The first-order valence-corrected chi connectivity index (χ1v) is 12.4. The summed E-state index contributed by atoms with van der Waals surface area (Å²) in [5, 5.41) is 14.2. The largest absolute Gasteiger partial charge is 0.490 e. The monoisotopic (exact) mass is 569 g/mol. The van der Waals surface area contributed by atoms with Gasteiger partial charge >= 0.3 is 24.3 Å². The Labute approximate surface area is 219 Å². The lowest BCUT2D eigenvalue weighted by molar-refractivity contribution is -0.193. The topological polar surface area (TPSA) is 94.0 Å². The van der Waals surface area contributed by atoms with Gasteiger partial charge in [-0.1, -0.05) is 6.07 Å². The zero-order valence-electron chi connectivity index (χ0n) is 20.6. The van der Waals surface area contributed by atoms with Crippen LogP contribution in [-0.2, 0) is 22.7 Å². The molecule has 0 bridgehead atoms. The molecule has 2 saturated heterocycles. The highest BCUT2D eigenvalue weighted by molar-refractivity contribution is 7.11. The molecular weight excluding hydrogens is 540 g/mol. The maximum Gasteiger partial charge on any atom is 0.490 e. The quantitative estimate of drug-likeness (QED) is 0.489. The summed E-state index contributed by atoms with van der Waals surface area (Å²) in [6, 6.07) is 10.8. The number of nitrogens with zero attached hydrogens (tertiary/aromatic N) is 3. The molecule has 2 aromatic rings. The summed E-state index contributed by atoms with van der Waals surface area (Å²) in [7, 11) is 0. The SMILES string of the molecule is Cc1ccc(CN2CCC3(CCCN(Cc4ccccn4)C3)C2)s1.O=C(O)C(F)(F)F.O=C(O)C(F)(F)F. The van der Waals surface area contributed by atoms with Crippen LogP contribution in [0.15, 0.2) is 36.5 Å². The molecule has 38 heavy (non-hydrogen) atoms. The Morgan fingerprint density at radius 2 is 1.50 bits per heavy atom. The molecule has 0 saturated carbocycles. The van der Waals surface area contributed by atoms with E-state index in [0.29, 0.717) is 5.41 Å². The van der Waals surface area contributed by atoms with E-state index >= 15 is 0 Å². The fourth-order valence-corrected chi connectivity index (χ4v) is 5.38. The van der Waals surface area contributed by atoms with Crippen LogP contribution < -0.4 is 0 Å². The van der Waals surface area contributed by atoms with E-state index in [2.05, 4.69) is 46.0 Å². The molecular formula is C24H29F6N3O4S. The average Bonchev–Trinajstić information content (AvgIpc) is 3.39. The number of hydrogen-bond donors (Lipinski definition) is 2. The van der Waals surface area contributed by atoms with Crippen molar-refractivity contribution in [2.24, 2.45) is 5.41 Å². The number of carboxylic acids is 2. The second kappa shape index (κ2) is 13.4. The van der Waals surface area contributed by atoms with Crippen LogP contribution in [0.3, 0.4) is 0 Å². The van der Waals surface area contributed by atoms with E-state index in [-0.39, 0.29) is 0 Å². The van der Waals surface area contributed by atoms with Crippen LogP contribution in [0.5, 0.6) is 0 Å². The molecule has 4 heterocycles. The lowest BCUT2D eigenvalue weighted by Gasteiger charge is -2.40. The molecule has 14 heteroatoms. The Hall–Kier alpha value is -2.71. The van der Waals surface area contributed by atoms with E-state index in [0.717, 1.165) is 13.1 Å². The number of pyridine rings is 1. The molecule has 2 N–H and O–H groups in total. The average molecular weight is 570 g/mol. The normalized spacial score (nSPS) is 20.3. The Balaban J connectivity index is 0.000000301. The molecule has 2 fully saturated rings. The van der Waals surface area contributed by atoms with Gasteiger partial charge in [-0.15, -0.1) is 11.3 Å². The summed E-state index contributed by atoms with van der Waals surface area (Å²) in [6.07, 6.45) is -4.17. The molecule has 0 radical (unpaired) electrons. The molecule has 1 unspecified atom stereocenters. The fraction of sp³-hybridized carbons (Fsp3) is 0.542. The molecule has 2 aliphatic rings. The predicted molar refractivity (Wildman–Crippen MR) is 128 cm³/mol. The van der Waals surface area contributed by atoms with Crippen LogP contribution in [0, 0.1) is 12.3 Å². The summed E-state index contributed by atoms with van der Waals surface area (Å²) in [5.74, 6) is -5.51. The molecule has 1 atom stereocenters. The van der Waals surface area contributed by atoms with Crippen molar-refractivity contribution >= 4 is 23.3 Å². The van der Waals surface area contributed by atoms with Crippen LogP contribution in [0.4, 0.5) is 26.3 Å². The Bertz CT molecular complexity index is 1020. The molecule has 212 valence electrons. The lowest BCUT2D eigenvalue weighted by Crippen LogP contribution is -2.44. The first-order valence-electron chi connectivity index (χ1n) is 11.6. The minimum Gasteiger partial charge on any atom is -0.475 e. The van der Waals surface area contributed by atoms with Gasteiger partial charge in [0.05, 0.1) is 5.69 Å². The molecule has 2 aromatic heterocycles. The Morgan fingerprint density at radius 3 is 1.97 bits per heavy atom. The number of aromatic nitrogens is 1. The number of thiophene rings is 1. The van der Waals surface area contributed by atoms with Crippen molar-refractivity contribution in [3.63, 3.8) is 0 Å². The number of likely N-dealkylation sites (tertiary alicyclic amines) is 2. The second-order valence-corrected chi connectivity index (χ2v) is 10.6. The van der Waals surface area contributed by atoms with Gasteiger partial charge in [-0.05, 0) is 69.0 Å². The number of carboxylic acid groups (broad SMARTS) is 2. The summed E-state index contributed by atoms with van der Waals surface area (Å²) in [6.45, 7) is 9.34. The van der Waals surface area contributed by atoms with E-state index in [1.807, 2.05) is 23.6 Å². The van der Waals surface area contributed by atoms with Crippen LogP contribution in [-0.4, -0.2) is 75.5 Å². The first kappa shape index (κ1) is 31.5. The van der Waals surface area contributed by atoms with Gasteiger partial charge < -0.3 is 10.2 Å². The highest BCUT2D eigenvalue weighted by Gasteiger charge is 2.41. The maximum atomic E-state index is 10.6. The third-order valence-electron chi connectivity index (χ3n) is 6.03. The molecule has 4 rings (SSSR count). The molecule has 0 aliphatic carbocycles. The zero-order valence-corrected chi connectivity index (χ0v) is 21.4. The number of aliphatic carboxylic acids is 2. The lowest BCUT2D eigenvalue weighted by atomic mass is 9.79. The van der Waals surface area contributed by atoms with Gasteiger partial charge in [0.15, 0.2) is 0 Å². The van der Waals surface area contributed by atoms with Crippen molar-refractivity contribution in [1.82, 2.24) is 14.8 Å². The molecule has 0 aromatic carbocycles. The minimum absolute atomic E-state index is 0.513. The molecule has 2 aliphatic heterocycles. The number of alkyl halides is 6. The van der Waals surface area contributed by atoms with Crippen molar-refractivity contribution in [1.29, 1.82) is 0 Å². The van der Waals surface area contributed by atoms with Crippen LogP contribution in [0.2, 0.25) is 0 Å². The molecule has 7 nitrogen and oxygen atoms in total. The number of piperidine rings is 1. The standard InChI is InChI=1S/C20H27N3S.2C2HF3O2/c1-17-6-7-19(24-17)14-23-12-9-20(16-23)8-4-11-22(15-20)13-18-5-2-3-10-21-18;2*3-2(4,5)1(6)7/h2-3,5-7,10H,4,8-9,11-16H2,1H3;2*(H,6,7). The second-order valence-electron chi connectivity index (χ2n) is 9.21. The maximum absolute atomic E-state index is 10.6. The number of carbonyl (C=O) groups is 2. The van der Waals surface area contributed by atoms with Gasteiger partial charge in [-0.2, -0.15) is 26.3 Å². The molecule has 1 spiro atoms. The van der Waals surface area contributed by atoms with E-state index in [1.165, 1.54) is 60.9 Å². The van der Waals surface area contributed by atoms with Crippen molar-refractivity contribution in [2.45, 2.75) is 51.6 Å². The Morgan fingerprint density at radius 1 is 0.921 bits per heavy atom. The summed E-state index contributed by atoms with van der Waals surface area (Å²) < 4.78 is 63.5. The summed E-state index contributed by atoms with van der Waals surface area (Å²) >= 11 is 1.95. The minimum atomic E-state index is -5.08. The van der Waals surface area contributed by atoms with E-state index in [1.54, 1.807) is 0 Å². The van der Waals surface area contributed by atoms with Gasteiger partial charge in [0.25, 0.3) is 0 Å². The summed E-state index contributed by atoms with van der Waals surface area (Å²) in [4.78, 5) is 30.6. The number of rotatable bonds is 4. The van der Waals surface area contributed by atoms with E-state index in [4.69, 9.17) is 19.8 Å². The number of halogens is 6. The van der Waals surface area contributed by atoms with Crippen LogP contribution in [0.25, 0.3) is 0 Å². The first-order chi connectivity index (χ1) is 17.6. The van der Waals surface area contributed by atoms with Gasteiger partial charge in [0.1, 0.15) is 0 Å². The van der Waals surface area contributed by atoms with Gasteiger partial charge in [0.2, 0.25) is 0 Å². The third kappa shape index (κ3) is 10.6. The van der Waals surface area contributed by atoms with Gasteiger partial charge in [-0.25, -0.2) is 9.59 Å². The van der Waals surface area contributed by atoms with Gasteiger partial charge in [0, 0.05) is 42.1 Å². The fourth-order valence-electron chi connectivity index (χ4n) is 4.45. The van der Waals surface area contributed by atoms with Crippen molar-refractivity contribution in [2.75, 3.05) is 26.2 Å². The van der Waals surface area contributed by atoms with Crippen LogP contribution >= 0.6 is 11.3 Å². The van der Waals surface area contributed by atoms with Crippen molar-refractivity contribution in [3.05, 3.63) is 52.0 Å². The highest BCUT2D eigenvalue weighted by atomic mass is 32.1. The predicted octanol–water partition coefficient (Wildman–Crippen LogP) is 5.21. The van der Waals surface area contributed by atoms with Crippen LogP contribution in [0.1, 0.15) is 34.7 Å². The molecule has 0 amide bonds. The third-order valence-corrected chi connectivity index (χ3v) is 7.02. The van der Waals surface area contributed by atoms with E-state index in [9.17, 15) is 26.3 Å².